The van der Waals surface area contributed by atoms with Crippen LogP contribution in [-0.4, -0.2) is 49.3 Å². The van der Waals surface area contributed by atoms with Gasteiger partial charge in [-0.25, -0.2) is 14.2 Å². The number of hydrogen-bond donors (Lipinski definition) is 0. The van der Waals surface area contributed by atoms with Crippen molar-refractivity contribution in [2.75, 3.05) is 23.8 Å². The summed E-state index contributed by atoms with van der Waals surface area (Å²) in [5.74, 6) is 4.02. The molecule has 0 unspecified atom stereocenters. The average Bonchev–Trinajstić information content (AvgIpc) is 3.61. The fourth-order valence-electron chi connectivity index (χ4n) is 5.63. The number of unbranched alkanes of at least 4 members (excludes halogenated alkanes) is 5. The number of terminal acetylenes is 1. The number of rotatable bonds is 11. The Balaban J connectivity index is 0.000000198. The van der Waals surface area contributed by atoms with E-state index >= 15 is 0 Å². The van der Waals surface area contributed by atoms with Gasteiger partial charge in [0.25, 0.3) is 5.91 Å². The molecule has 0 saturated carbocycles. The molecule has 0 saturated heterocycles. The summed E-state index contributed by atoms with van der Waals surface area (Å²) in [5, 5.41) is 7.78. The number of nitrogens with zero attached hydrogens (tertiary/aromatic N) is 6. The topological polar surface area (TPSA) is 112 Å². The minimum atomic E-state index is -0.515. The molecule has 6 rings (SSSR count). The molecule has 2 aliphatic rings. The van der Waals surface area contributed by atoms with E-state index in [2.05, 4.69) is 46.3 Å². The zero-order chi connectivity index (χ0) is 36.4. The SMILES string of the molecule is C#CCN1C(=O)COc2cc(F)c(N=c3snc4n3CC(C)(C)C4)cc21.CCCCCCCCSC(=O)Oc1cc(Cl)nnc1-c1ccccc1. The van der Waals surface area contributed by atoms with Gasteiger partial charge < -0.3 is 14.0 Å². The number of ether oxygens (including phenoxy) is 2. The fourth-order valence-corrected chi connectivity index (χ4v) is 7.19. The number of anilines is 1. The number of fused-ring (bicyclic) bond motifs is 2. The Morgan fingerprint density at radius 1 is 1.16 bits per heavy atom. The van der Waals surface area contributed by atoms with Crippen LogP contribution < -0.4 is 19.2 Å². The Morgan fingerprint density at radius 2 is 1.92 bits per heavy atom. The summed E-state index contributed by atoms with van der Waals surface area (Å²) in [6, 6.07) is 13.8. The van der Waals surface area contributed by atoms with E-state index in [0.29, 0.717) is 27.7 Å². The summed E-state index contributed by atoms with van der Waals surface area (Å²) in [6.45, 7) is 7.26. The molecule has 4 aromatic rings. The predicted molar refractivity (Wildman–Crippen MR) is 200 cm³/mol. The highest BCUT2D eigenvalue weighted by molar-refractivity contribution is 8.13. The molecule has 2 aromatic heterocycles. The van der Waals surface area contributed by atoms with E-state index in [4.69, 9.17) is 27.5 Å². The number of carbonyl (C=O) groups excluding carboxylic acids is 2. The molecule has 268 valence electrons. The van der Waals surface area contributed by atoms with Gasteiger partial charge in [0.2, 0.25) is 4.80 Å². The fraction of sp³-hybridized carbons (Fsp3) is 0.405. The molecule has 0 atom stereocenters. The summed E-state index contributed by atoms with van der Waals surface area (Å²) in [6.07, 6.45) is 13.4. The molecule has 0 N–H and O–H groups in total. The van der Waals surface area contributed by atoms with Crippen LogP contribution in [0.5, 0.6) is 11.5 Å². The maximum atomic E-state index is 14.5. The van der Waals surface area contributed by atoms with Gasteiger partial charge in [0.05, 0.1) is 12.2 Å². The zero-order valence-electron chi connectivity index (χ0n) is 28.9. The lowest BCUT2D eigenvalue weighted by molar-refractivity contribution is -0.121. The number of aromatic nitrogens is 4. The van der Waals surface area contributed by atoms with Gasteiger partial charge in [0.1, 0.15) is 23.0 Å². The van der Waals surface area contributed by atoms with Crippen LogP contribution in [0.1, 0.15) is 65.1 Å². The van der Waals surface area contributed by atoms with E-state index in [1.807, 2.05) is 34.9 Å². The van der Waals surface area contributed by atoms with Crippen molar-refractivity contribution in [1.82, 2.24) is 19.1 Å². The molecule has 2 aromatic carbocycles. The van der Waals surface area contributed by atoms with Crippen molar-refractivity contribution in [2.24, 2.45) is 10.4 Å². The number of halogens is 2. The Labute approximate surface area is 310 Å². The molecule has 0 radical (unpaired) electrons. The highest BCUT2D eigenvalue weighted by Gasteiger charge is 2.31. The van der Waals surface area contributed by atoms with Crippen LogP contribution in [0.3, 0.4) is 0 Å². The van der Waals surface area contributed by atoms with E-state index in [1.165, 1.54) is 72.1 Å². The molecular formula is C37H40ClFN6O4S2. The second kappa shape index (κ2) is 17.8. The third kappa shape index (κ3) is 10.2. The van der Waals surface area contributed by atoms with E-state index < -0.39 is 5.82 Å². The number of benzene rings is 2. The lowest BCUT2D eigenvalue weighted by Gasteiger charge is -2.28. The Kier molecular flexibility index (Phi) is 13.3. The van der Waals surface area contributed by atoms with Crippen LogP contribution in [0.4, 0.5) is 20.6 Å². The standard InChI is InChI=1S/C19H23ClN2O2S.C18H17FN4O2S/c1-2-3-4-5-6-10-13-25-19(23)24-16-14-17(20)21-22-18(16)15-11-8-7-9-12-15;1-4-5-22-13-7-12(11(19)6-14(13)25-9-16(22)24)20-17-23-10-18(2,3)8-15(23)21-26-17/h7-9,11-12,14H,2-6,10,13H2,1H3;1,6-7H,5,8-10H2,2-3H3. The van der Waals surface area contributed by atoms with Crippen molar-refractivity contribution in [3.63, 3.8) is 0 Å². The quantitative estimate of drug-likeness (QED) is 0.0851. The van der Waals surface area contributed by atoms with E-state index in [1.54, 1.807) is 0 Å². The van der Waals surface area contributed by atoms with Crippen LogP contribution in [0.25, 0.3) is 11.3 Å². The maximum absolute atomic E-state index is 14.5. The average molecular weight is 751 g/mol. The molecule has 0 aliphatic carbocycles. The first-order valence-corrected chi connectivity index (χ1v) is 19.0. The molecule has 0 bridgehead atoms. The first-order valence-electron chi connectivity index (χ1n) is 16.8. The van der Waals surface area contributed by atoms with E-state index in [9.17, 15) is 14.0 Å². The van der Waals surface area contributed by atoms with Gasteiger partial charge in [0.15, 0.2) is 23.3 Å². The van der Waals surface area contributed by atoms with Gasteiger partial charge in [0, 0.05) is 47.9 Å². The summed E-state index contributed by atoms with van der Waals surface area (Å²) in [5.41, 5.74) is 2.02. The third-order valence-corrected chi connectivity index (χ3v) is 9.90. The maximum Gasteiger partial charge on any atom is 0.372 e. The largest absolute Gasteiger partial charge is 0.481 e. The van der Waals surface area contributed by atoms with Gasteiger partial charge in [-0.3, -0.25) is 9.69 Å². The second-order valence-electron chi connectivity index (χ2n) is 12.9. The summed E-state index contributed by atoms with van der Waals surface area (Å²) >= 11 is 8.34. The Hall–Kier alpha value is -4.25. The minimum Gasteiger partial charge on any atom is -0.481 e. The minimum absolute atomic E-state index is 0.0964. The van der Waals surface area contributed by atoms with Crippen molar-refractivity contribution in [2.45, 2.75) is 72.3 Å². The number of carbonyl (C=O) groups is 2. The normalized spacial score (nSPS) is 14.5. The van der Waals surface area contributed by atoms with Gasteiger partial charge in [-0.1, -0.05) is 101 Å². The van der Waals surface area contributed by atoms with Crippen molar-refractivity contribution in [3.05, 3.63) is 70.1 Å². The molecular weight excluding hydrogens is 711 g/mol. The van der Waals surface area contributed by atoms with E-state index in [-0.39, 0.29) is 40.6 Å². The van der Waals surface area contributed by atoms with Crippen molar-refractivity contribution < 1.29 is 23.5 Å². The lowest BCUT2D eigenvalue weighted by Crippen LogP contribution is -2.39. The molecule has 2 aliphatic heterocycles. The summed E-state index contributed by atoms with van der Waals surface area (Å²) < 4.78 is 31.8. The van der Waals surface area contributed by atoms with Gasteiger partial charge in [-0.2, -0.15) is 4.37 Å². The Bertz CT molecular complexity index is 1960. The first-order chi connectivity index (χ1) is 24.6. The predicted octanol–water partition coefficient (Wildman–Crippen LogP) is 8.65. The van der Waals surface area contributed by atoms with Crippen LogP contribution in [0.15, 0.2) is 53.5 Å². The van der Waals surface area contributed by atoms with Crippen LogP contribution in [0.2, 0.25) is 5.15 Å². The number of thioether (sulfide) groups is 1. The molecule has 4 heterocycles. The summed E-state index contributed by atoms with van der Waals surface area (Å²) in [7, 11) is 0. The number of hydrogen-bond acceptors (Lipinski definition) is 10. The zero-order valence-corrected chi connectivity index (χ0v) is 31.3. The molecule has 1 amide bonds. The molecule has 14 heteroatoms. The van der Waals surface area contributed by atoms with Crippen LogP contribution in [-0.2, 0) is 17.8 Å². The van der Waals surface area contributed by atoms with Crippen molar-refractivity contribution in [3.8, 4) is 35.1 Å². The first kappa shape index (κ1) is 38.0. The smallest absolute Gasteiger partial charge is 0.372 e. The lowest BCUT2D eigenvalue weighted by atomic mass is 9.92. The molecule has 10 nitrogen and oxygen atoms in total. The number of amides is 1. The van der Waals surface area contributed by atoms with E-state index in [0.717, 1.165) is 42.9 Å². The molecule has 0 spiro atoms. The monoisotopic (exact) mass is 750 g/mol. The van der Waals surface area contributed by atoms with Gasteiger partial charge >= 0.3 is 5.30 Å². The third-order valence-electron chi connectivity index (χ3n) is 8.12. The van der Waals surface area contributed by atoms with Crippen molar-refractivity contribution >= 4 is 57.5 Å². The second-order valence-corrected chi connectivity index (χ2v) is 15.0. The van der Waals surface area contributed by atoms with Gasteiger partial charge in [-0.05, 0) is 29.7 Å². The highest BCUT2D eigenvalue weighted by Crippen LogP contribution is 2.38. The molecule has 0 fully saturated rings. The van der Waals surface area contributed by atoms with Crippen LogP contribution >= 0.6 is 34.9 Å². The summed E-state index contributed by atoms with van der Waals surface area (Å²) in [4.78, 5) is 30.7. The Morgan fingerprint density at radius 3 is 2.69 bits per heavy atom. The molecule has 51 heavy (non-hydrogen) atoms. The van der Waals surface area contributed by atoms with Crippen molar-refractivity contribution in [1.29, 1.82) is 0 Å². The van der Waals surface area contributed by atoms with Gasteiger partial charge in [-0.15, -0.1) is 16.6 Å². The van der Waals surface area contributed by atoms with Crippen LogP contribution in [0, 0.1) is 23.6 Å². The highest BCUT2D eigenvalue weighted by atomic mass is 35.5.